The van der Waals surface area contributed by atoms with Crippen molar-refractivity contribution >= 4 is 11.6 Å². The number of nitrogens with two attached hydrogens (primary N) is 2. The van der Waals surface area contributed by atoms with Crippen molar-refractivity contribution in [3.05, 3.63) is 0 Å². The highest BCUT2D eigenvalue weighted by Crippen LogP contribution is 1.72. The second kappa shape index (κ2) is 16.6. The van der Waals surface area contributed by atoms with Gasteiger partial charge in [0.2, 0.25) is 0 Å². The maximum atomic E-state index is 9.81. The van der Waals surface area contributed by atoms with E-state index in [1.807, 2.05) is 20.9 Å². The van der Waals surface area contributed by atoms with Crippen LogP contribution in [-0.4, -0.2) is 36.9 Å². The van der Waals surface area contributed by atoms with Gasteiger partial charge >= 0.3 is 0 Å². The molecule has 0 aromatic rings. The first kappa shape index (κ1) is 20.6. The summed E-state index contributed by atoms with van der Waals surface area (Å²) < 4.78 is 0. The van der Waals surface area contributed by atoms with Crippen LogP contribution < -0.4 is 11.5 Å². The van der Waals surface area contributed by atoms with Crippen molar-refractivity contribution in [2.45, 2.75) is 40.5 Å². The van der Waals surface area contributed by atoms with Crippen LogP contribution >= 0.6 is 0 Å². The Labute approximate surface area is 99.2 Å². The molecule has 0 amide bonds. The Morgan fingerprint density at radius 3 is 1.12 bits per heavy atom. The Kier molecular flexibility index (Phi) is 21.4. The van der Waals surface area contributed by atoms with E-state index in [0.29, 0.717) is 26.2 Å². The number of carbonyl (C=O) groups excluding carboxylic acids is 2. The first-order valence-electron chi connectivity index (χ1n) is 5.43. The summed E-state index contributed by atoms with van der Waals surface area (Å²) in [5.41, 5.74) is 10.3. The molecule has 0 radical (unpaired) electrons. The fourth-order valence-electron chi connectivity index (χ4n) is 0.0745. The predicted octanol–water partition coefficient (Wildman–Crippen LogP) is 0.721. The second-order valence-electron chi connectivity index (χ2n) is 3.33. The highest BCUT2D eigenvalue weighted by atomic mass is 16.1. The smallest absolute Gasteiger partial charge is 0.129 e. The summed E-state index contributed by atoms with van der Waals surface area (Å²) in [7, 11) is 1.86. The molecule has 0 bridgehead atoms. The van der Waals surface area contributed by atoms with Crippen LogP contribution in [-0.2, 0) is 9.59 Å². The Morgan fingerprint density at radius 1 is 0.938 bits per heavy atom. The lowest BCUT2D eigenvalue weighted by Gasteiger charge is -2.07. The third-order valence-corrected chi connectivity index (χ3v) is 1.62. The monoisotopic (exact) mass is 233 g/mol. The molecule has 0 saturated carbocycles. The van der Waals surface area contributed by atoms with E-state index in [1.54, 1.807) is 18.7 Å². The summed E-state index contributed by atoms with van der Waals surface area (Å²) in [5, 5.41) is 0. The Bertz CT molecular complexity index is 155. The number of ketones is 2. The molecule has 0 atom stereocenters. The van der Waals surface area contributed by atoms with E-state index in [1.165, 1.54) is 0 Å². The van der Waals surface area contributed by atoms with Crippen LogP contribution in [0.15, 0.2) is 0 Å². The van der Waals surface area contributed by atoms with Crippen molar-refractivity contribution in [2.75, 3.05) is 20.4 Å². The molecule has 4 N–H and O–H groups in total. The molecule has 0 fully saturated rings. The zero-order valence-electron chi connectivity index (χ0n) is 11.2. The maximum Gasteiger partial charge on any atom is 0.129 e. The minimum Gasteiger partial charge on any atom is -0.318 e. The maximum absolute atomic E-state index is 9.81. The van der Waals surface area contributed by atoms with Crippen LogP contribution in [0.1, 0.15) is 40.5 Å². The molecule has 0 rings (SSSR count). The normalized spacial score (nSPS) is 8.50. The van der Waals surface area contributed by atoms with Crippen molar-refractivity contribution in [3.8, 4) is 0 Å². The summed E-state index contributed by atoms with van der Waals surface area (Å²) in [6, 6.07) is 0. The van der Waals surface area contributed by atoms with Crippen LogP contribution in [0, 0.1) is 0 Å². The highest BCUT2D eigenvalue weighted by molar-refractivity contribution is 5.75. The van der Waals surface area contributed by atoms with E-state index >= 15 is 0 Å². The second-order valence-corrected chi connectivity index (χ2v) is 3.33. The van der Waals surface area contributed by atoms with Gasteiger partial charge in [0.1, 0.15) is 11.6 Å². The fourth-order valence-corrected chi connectivity index (χ4v) is 0.0745. The van der Waals surface area contributed by atoms with Crippen molar-refractivity contribution in [2.24, 2.45) is 11.5 Å². The third kappa shape index (κ3) is 37.9. The van der Waals surface area contributed by atoms with Gasteiger partial charge in [0.15, 0.2) is 0 Å². The average molecular weight is 233 g/mol. The van der Waals surface area contributed by atoms with Crippen molar-refractivity contribution < 1.29 is 9.59 Å². The van der Waals surface area contributed by atoms with E-state index in [9.17, 15) is 9.59 Å². The molecular formula is C11H27N3O2. The number of rotatable bonds is 4. The molecule has 0 saturated heterocycles. The number of hydrogen-bond acceptors (Lipinski definition) is 5. The van der Waals surface area contributed by atoms with Gasteiger partial charge in [-0.1, -0.05) is 13.8 Å². The largest absolute Gasteiger partial charge is 0.318 e. The van der Waals surface area contributed by atoms with Crippen LogP contribution in [0.3, 0.4) is 0 Å². The molecule has 16 heavy (non-hydrogen) atoms. The third-order valence-electron chi connectivity index (χ3n) is 1.62. The van der Waals surface area contributed by atoms with Gasteiger partial charge < -0.3 is 21.1 Å². The van der Waals surface area contributed by atoms with Gasteiger partial charge in [-0.2, -0.15) is 0 Å². The Morgan fingerprint density at radius 2 is 1.12 bits per heavy atom. The lowest BCUT2D eigenvalue weighted by atomic mass is 10.4. The van der Waals surface area contributed by atoms with Gasteiger partial charge in [0.25, 0.3) is 0 Å². The standard InChI is InChI=1S/2C4H8O.C3H11N3/c2*1-3-4(2)5;1-6(2-4)3-5/h2*3H2,1-2H3;2-5H2,1H3. The Hall–Kier alpha value is -0.780. The Balaban J connectivity index is -0.000000160. The van der Waals surface area contributed by atoms with Crippen LogP contribution in [0.2, 0.25) is 0 Å². The van der Waals surface area contributed by atoms with Crippen molar-refractivity contribution in [1.82, 2.24) is 4.90 Å². The zero-order valence-corrected chi connectivity index (χ0v) is 11.2. The highest BCUT2D eigenvalue weighted by Gasteiger charge is 1.81. The molecule has 0 unspecified atom stereocenters. The molecule has 5 heteroatoms. The van der Waals surface area contributed by atoms with E-state index in [4.69, 9.17) is 11.5 Å². The molecule has 5 nitrogen and oxygen atoms in total. The molecular weight excluding hydrogens is 206 g/mol. The van der Waals surface area contributed by atoms with E-state index < -0.39 is 0 Å². The van der Waals surface area contributed by atoms with E-state index in [0.717, 1.165) is 0 Å². The number of nitrogens with zero attached hydrogens (tertiary/aromatic N) is 1. The van der Waals surface area contributed by atoms with Gasteiger partial charge in [-0.3, -0.25) is 4.90 Å². The molecule has 0 aromatic heterocycles. The molecule has 0 heterocycles. The minimum absolute atomic E-state index is 0.255. The van der Waals surface area contributed by atoms with Gasteiger partial charge in [-0.15, -0.1) is 0 Å². The quantitative estimate of drug-likeness (QED) is 0.698. The van der Waals surface area contributed by atoms with Gasteiger partial charge in [-0.05, 0) is 20.9 Å². The molecule has 0 aliphatic heterocycles. The lowest BCUT2D eigenvalue weighted by molar-refractivity contribution is -0.117. The van der Waals surface area contributed by atoms with E-state index in [-0.39, 0.29) is 11.6 Å². The fraction of sp³-hybridized carbons (Fsp3) is 0.818. The molecule has 0 spiro atoms. The first-order chi connectivity index (χ1) is 7.35. The van der Waals surface area contributed by atoms with Gasteiger partial charge in [0.05, 0.1) is 0 Å². The molecule has 0 aromatic carbocycles. The molecule has 0 aliphatic carbocycles. The number of Topliss-reactive ketones (excluding diaryl/α,β-unsaturated/α-hetero) is 2. The summed E-state index contributed by atoms with van der Waals surface area (Å²) in [4.78, 5) is 21.4. The first-order valence-corrected chi connectivity index (χ1v) is 5.43. The SMILES string of the molecule is CCC(C)=O.CCC(C)=O.CN(CN)CN. The summed E-state index contributed by atoms with van der Waals surface area (Å²) in [6.07, 6.45) is 1.33. The lowest BCUT2D eigenvalue weighted by Crippen LogP contribution is -2.30. The van der Waals surface area contributed by atoms with Gasteiger partial charge in [-0.25, -0.2) is 0 Å². The topological polar surface area (TPSA) is 89.4 Å². The number of hydrogen-bond donors (Lipinski definition) is 2. The zero-order chi connectivity index (χ0) is 13.6. The van der Waals surface area contributed by atoms with Crippen LogP contribution in [0.5, 0.6) is 0 Å². The summed E-state index contributed by atoms with van der Waals surface area (Å²) >= 11 is 0. The van der Waals surface area contributed by atoms with Crippen LogP contribution in [0.4, 0.5) is 0 Å². The van der Waals surface area contributed by atoms with Gasteiger partial charge in [0, 0.05) is 26.2 Å². The summed E-state index contributed by atoms with van der Waals surface area (Å²) in [5.74, 6) is 0.509. The van der Waals surface area contributed by atoms with Crippen molar-refractivity contribution in [1.29, 1.82) is 0 Å². The number of carbonyl (C=O) groups is 2. The van der Waals surface area contributed by atoms with Crippen molar-refractivity contribution in [3.63, 3.8) is 0 Å². The molecule has 0 aliphatic rings. The average Bonchev–Trinajstić information content (AvgIpc) is 2.29. The summed E-state index contributed by atoms with van der Waals surface area (Å²) in [6.45, 7) is 7.94. The minimum atomic E-state index is 0.255. The van der Waals surface area contributed by atoms with Crippen LogP contribution in [0.25, 0.3) is 0 Å². The predicted molar refractivity (Wildman–Crippen MR) is 67.8 cm³/mol. The molecule has 98 valence electrons. The van der Waals surface area contributed by atoms with E-state index in [2.05, 4.69) is 0 Å².